The van der Waals surface area contributed by atoms with Crippen LogP contribution in [0.5, 0.6) is 5.75 Å². The first-order valence-corrected chi connectivity index (χ1v) is 6.50. The fraction of sp³-hybridized carbons (Fsp3) is 0.0769. The number of nitrogens with one attached hydrogen (secondary N) is 1. The van der Waals surface area contributed by atoms with Gasteiger partial charge in [0.25, 0.3) is 0 Å². The molecule has 100 valence electrons. The van der Waals surface area contributed by atoms with E-state index in [2.05, 4.69) is 5.32 Å². The molecule has 19 heavy (non-hydrogen) atoms. The molecule has 0 aliphatic carbocycles. The van der Waals surface area contributed by atoms with Gasteiger partial charge in [0.15, 0.2) is 0 Å². The summed E-state index contributed by atoms with van der Waals surface area (Å²) in [5.41, 5.74) is 7.76. The Labute approximate surface area is 126 Å². The van der Waals surface area contributed by atoms with Crippen molar-refractivity contribution in [2.24, 2.45) is 0 Å². The number of hydrogen-bond acceptors (Lipinski definition) is 3. The standard InChI is InChI=1S/C13H11Cl3N2O/c1-19-12-4-2-3-10(13(12)17)18-11-6-8(15)7(14)5-9(11)16/h2-6,18H,17H2,1H3. The Balaban J connectivity index is 2.39. The summed E-state index contributed by atoms with van der Waals surface area (Å²) in [5, 5.41) is 4.37. The van der Waals surface area contributed by atoms with Crippen LogP contribution in [-0.4, -0.2) is 7.11 Å². The number of anilines is 3. The van der Waals surface area contributed by atoms with E-state index in [-0.39, 0.29) is 0 Å². The van der Waals surface area contributed by atoms with E-state index in [1.807, 2.05) is 12.1 Å². The van der Waals surface area contributed by atoms with Crippen molar-refractivity contribution in [2.75, 3.05) is 18.2 Å². The molecule has 0 bridgehead atoms. The zero-order valence-electron chi connectivity index (χ0n) is 10.0. The summed E-state index contributed by atoms with van der Waals surface area (Å²) in [7, 11) is 1.56. The second kappa shape index (κ2) is 5.78. The molecule has 0 spiro atoms. The number of para-hydroxylation sites is 1. The highest BCUT2D eigenvalue weighted by molar-refractivity contribution is 6.44. The monoisotopic (exact) mass is 316 g/mol. The van der Waals surface area contributed by atoms with Gasteiger partial charge in [0.1, 0.15) is 5.75 Å². The summed E-state index contributed by atoms with van der Waals surface area (Å²) >= 11 is 17.9. The van der Waals surface area contributed by atoms with Crippen molar-refractivity contribution in [1.29, 1.82) is 0 Å². The van der Waals surface area contributed by atoms with Crippen molar-refractivity contribution >= 4 is 51.9 Å². The van der Waals surface area contributed by atoms with E-state index < -0.39 is 0 Å². The number of nitrogens with two attached hydrogens (primary N) is 1. The zero-order chi connectivity index (χ0) is 14.0. The number of rotatable bonds is 3. The minimum atomic E-state index is 0.399. The Morgan fingerprint density at radius 2 is 1.68 bits per heavy atom. The number of ether oxygens (including phenoxy) is 1. The minimum absolute atomic E-state index is 0.399. The Hall–Kier alpha value is -1.29. The van der Waals surface area contributed by atoms with Gasteiger partial charge in [0.05, 0.1) is 39.2 Å². The lowest BCUT2D eigenvalue weighted by Crippen LogP contribution is -1.99. The molecule has 0 unspecified atom stereocenters. The number of nitrogen functional groups attached to an aromatic ring is 1. The van der Waals surface area contributed by atoms with Crippen molar-refractivity contribution in [3.05, 3.63) is 45.4 Å². The Kier molecular flexibility index (Phi) is 4.30. The molecule has 2 aromatic rings. The van der Waals surface area contributed by atoms with Crippen LogP contribution in [0.4, 0.5) is 17.1 Å². The average Bonchev–Trinajstić information content (AvgIpc) is 2.38. The molecule has 0 amide bonds. The van der Waals surface area contributed by atoms with Crippen molar-refractivity contribution in [1.82, 2.24) is 0 Å². The van der Waals surface area contributed by atoms with Gasteiger partial charge in [-0.15, -0.1) is 0 Å². The Morgan fingerprint density at radius 1 is 1.00 bits per heavy atom. The third-order valence-electron chi connectivity index (χ3n) is 2.57. The fourth-order valence-corrected chi connectivity index (χ4v) is 2.19. The van der Waals surface area contributed by atoms with E-state index in [1.165, 1.54) is 0 Å². The van der Waals surface area contributed by atoms with Gasteiger partial charge in [-0.1, -0.05) is 40.9 Å². The van der Waals surface area contributed by atoms with E-state index in [1.54, 1.807) is 25.3 Å². The molecule has 0 aliphatic heterocycles. The molecule has 3 nitrogen and oxygen atoms in total. The quantitative estimate of drug-likeness (QED) is 0.620. The van der Waals surface area contributed by atoms with Gasteiger partial charge in [0.2, 0.25) is 0 Å². The lowest BCUT2D eigenvalue weighted by Gasteiger charge is -2.13. The first kappa shape index (κ1) is 14.1. The van der Waals surface area contributed by atoms with E-state index in [9.17, 15) is 0 Å². The number of methoxy groups -OCH3 is 1. The van der Waals surface area contributed by atoms with Gasteiger partial charge in [-0.3, -0.25) is 0 Å². The molecule has 2 rings (SSSR count). The topological polar surface area (TPSA) is 47.3 Å². The Morgan fingerprint density at radius 3 is 2.37 bits per heavy atom. The maximum atomic E-state index is 6.10. The smallest absolute Gasteiger partial charge is 0.143 e. The lowest BCUT2D eigenvalue weighted by molar-refractivity contribution is 0.417. The molecule has 0 saturated carbocycles. The highest BCUT2D eigenvalue weighted by Gasteiger charge is 2.09. The zero-order valence-corrected chi connectivity index (χ0v) is 12.3. The molecule has 2 aromatic carbocycles. The SMILES string of the molecule is COc1cccc(Nc2cc(Cl)c(Cl)cc2Cl)c1N. The molecule has 0 saturated heterocycles. The van der Waals surface area contributed by atoms with Crippen LogP contribution in [0, 0.1) is 0 Å². The molecule has 0 aromatic heterocycles. The molecule has 0 radical (unpaired) electrons. The largest absolute Gasteiger partial charge is 0.495 e. The van der Waals surface area contributed by atoms with E-state index in [0.717, 1.165) is 0 Å². The van der Waals surface area contributed by atoms with Crippen molar-refractivity contribution in [3.63, 3.8) is 0 Å². The minimum Gasteiger partial charge on any atom is -0.495 e. The molecule has 0 atom stereocenters. The van der Waals surface area contributed by atoms with E-state index >= 15 is 0 Å². The van der Waals surface area contributed by atoms with Crippen LogP contribution in [0.25, 0.3) is 0 Å². The van der Waals surface area contributed by atoms with Crippen molar-refractivity contribution in [3.8, 4) is 5.75 Å². The molecular weight excluding hydrogens is 307 g/mol. The van der Waals surface area contributed by atoms with Crippen LogP contribution in [0.3, 0.4) is 0 Å². The summed E-state index contributed by atoms with van der Waals surface area (Å²) in [4.78, 5) is 0. The highest BCUT2D eigenvalue weighted by atomic mass is 35.5. The molecule has 0 aliphatic rings. The maximum absolute atomic E-state index is 6.10. The van der Waals surface area contributed by atoms with E-state index in [4.69, 9.17) is 45.3 Å². The lowest BCUT2D eigenvalue weighted by atomic mass is 10.2. The van der Waals surface area contributed by atoms with Crippen LogP contribution >= 0.6 is 34.8 Å². The Bertz CT molecular complexity index is 617. The highest BCUT2D eigenvalue weighted by Crippen LogP contribution is 2.37. The van der Waals surface area contributed by atoms with Gasteiger partial charge in [-0.25, -0.2) is 0 Å². The van der Waals surface area contributed by atoms with Gasteiger partial charge in [-0.05, 0) is 24.3 Å². The second-order valence-electron chi connectivity index (χ2n) is 3.79. The predicted molar refractivity (Wildman–Crippen MR) is 82.2 cm³/mol. The maximum Gasteiger partial charge on any atom is 0.143 e. The normalized spacial score (nSPS) is 10.3. The van der Waals surface area contributed by atoms with Gasteiger partial charge in [-0.2, -0.15) is 0 Å². The number of hydrogen-bond donors (Lipinski definition) is 2. The third-order valence-corrected chi connectivity index (χ3v) is 3.60. The summed E-state index contributed by atoms with van der Waals surface area (Å²) in [5.74, 6) is 0.584. The predicted octanol–water partition coefficient (Wildman–Crippen LogP) is 4.98. The first-order valence-electron chi connectivity index (χ1n) is 5.37. The van der Waals surface area contributed by atoms with Gasteiger partial charge >= 0.3 is 0 Å². The summed E-state index contributed by atoms with van der Waals surface area (Å²) in [6.07, 6.45) is 0. The third kappa shape index (κ3) is 3.00. The molecule has 0 heterocycles. The summed E-state index contributed by atoms with van der Waals surface area (Å²) in [6, 6.07) is 8.63. The van der Waals surface area contributed by atoms with Crippen LogP contribution in [-0.2, 0) is 0 Å². The van der Waals surface area contributed by atoms with Crippen LogP contribution in [0.2, 0.25) is 15.1 Å². The molecule has 0 fully saturated rings. The van der Waals surface area contributed by atoms with Gasteiger partial charge < -0.3 is 15.8 Å². The number of halogens is 3. The summed E-state index contributed by atoms with van der Waals surface area (Å²) in [6.45, 7) is 0. The van der Waals surface area contributed by atoms with Gasteiger partial charge in [0, 0.05) is 0 Å². The summed E-state index contributed by atoms with van der Waals surface area (Å²) < 4.78 is 5.15. The molecule has 3 N–H and O–H groups in total. The van der Waals surface area contributed by atoms with Crippen LogP contribution in [0.15, 0.2) is 30.3 Å². The molecular formula is C13H11Cl3N2O. The van der Waals surface area contributed by atoms with Crippen molar-refractivity contribution < 1.29 is 4.74 Å². The fourth-order valence-electron chi connectivity index (χ4n) is 1.59. The molecule has 6 heteroatoms. The van der Waals surface area contributed by atoms with Crippen LogP contribution < -0.4 is 15.8 Å². The van der Waals surface area contributed by atoms with E-state index in [0.29, 0.717) is 37.9 Å². The van der Waals surface area contributed by atoms with Crippen molar-refractivity contribution in [2.45, 2.75) is 0 Å². The van der Waals surface area contributed by atoms with Crippen LogP contribution in [0.1, 0.15) is 0 Å². The first-order chi connectivity index (χ1) is 9.02. The average molecular weight is 318 g/mol. The number of benzene rings is 2. The second-order valence-corrected chi connectivity index (χ2v) is 5.01.